The van der Waals surface area contributed by atoms with Gasteiger partial charge < -0.3 is 9.64 Å². The summed E-state index contributed by atoms with van der Waals surface area (Å²) in [6.45, 7) is 3.60. The maximum absolute atomic E-state index is 13.0. The van der Waals surface area contributed by atoms with E-state index in [1.54, 1.807) is 0 Å². The highest BCUT2D eigenvalue weighted by molar-refractivity contribution is 5.84. The molecule has 5 heteroatoms. The molecule has 2 saturated heterocycles. The van der Waals surface area contributed by atoms with Gasteiger partial charge in [0, 0.05) is 19.0 Å². The van der Waals surface area contributed by atoms with Crippen LogP contribution in [0, 0.1) is 18.3 Å². The fraction of sp³-hybridized carbons (Fsp3) is 0.545. The third-order valence-corrected chi connectivity index (χ3v) is 6.08. The van der Waals surface area contributed by atoms with Crippen LogP contribution < -0.4 is 0 Å². The molecule has 3 rings (SSSR count). The lowest BCUT2D eigenvalue weighted by atomic mass is 9.72. The van der Waals surface area contributed by atoms with Gasteiger partial charge in [0.15, 0.2) is 0 Å². The smallest absolute Gasteiger partial charge is 0.316 e. The van der Waals surface area contributed by atoms with Gasteiger partial charge in [-0.15, -0.1) is 6.42 Å². The topological polar surface area (TPSA) is 49.9 Å². The third-order valence-electron chi connectivity index (χ3n) is 6.08. The SMILES string of the molecule is C#CCN1CCC(C(=O)N2CCC(C(=O)OC)(c3ccccc3)CC2)CC1. The zero-order valence-electron chi connectivity index (χ0n) is 16.0. The summed E-state index contributed by atoms with van der Waals surface area (Å²) in [6, 6.07) is 9.80. The van der Waals surface area contributed by atoms with Crippen LogP contribution in [0.2, 0.25) is 0 Å². The third kappa shape index (κ3) is 4.01. The first-order valence-electron chi connectivity index (χ1n) is 9.69. The quantitative estimate of drug-likeness (QED) is 0.603. The van der Waals surface area contributed by atoms with Gasteiger partial charge in [-0.25, -0.2) is 0 Å². The molecule has 0 atom stereocenters. The molecule has 0 radical (unpaired) electrons. The molecule has 0 spiro atoms. The molecule has 1 amide bonds. The molecule has 0 N–H and O–H groups in total. The van der Waals surface area contributed by atoms with Crippen LogP contribution in [0.3, 0.4) is 0 Å². The first kappa shape index (κ1) is 19.4. The highest BCUT2D eigenvalue weighted by Gasteiger charge is 2.45. The Morgan fingerprint density at radius 3 is 2.33 bits per heavy atom. The molecule has 1 aromatic carbocycles. The van der Waals surface area contributed by atoms with E-state index in [-0.39, 0.29) is 17.8 Å². The molecule has 0 saturated carbocycles. The van der Waals surface area contributed by atoms with Crippen molar-refractivity contribution < 1.29 is 14.3 Å². The van der Waals surface area contributed by atoms with Crippen molar-refractivity contribution in [3.8, 4) is 12.3 Å². The minimum atomic E-state index is -0.650. The average Bonchev–Trinajstić information content (AvgIpc) is 2.74. The lowest BCUT2D eigenvalue weighted by molar-refractivity contribution is -0.152. The van der Waals surface area contributed by atoms with E-state index in [0.29, 0.717) is 32.5 Å². The lowest BCUT2D eigenvalue weighted by Gasteiger charge is -2.42. The van der Waals surface area contributed by atoms with Crippen molar-refractivity contribution in [2.75, 3.05) is 39.8 Å². The van der Waals surface area contributed by atoms with E-state index in [0.717, 1.165) is 31.5 Å². The molecular weight excluding hydrogens is 340 g/mol. The number of nitrogens with zero attached hydrogens (tertiary/aromatic N) is 2. The average molecular weight is 368 g/mol. The highest BCUT2D eigenvalue weighted by Crippen LogP contribution is 2.37. The molecule has 2 aliphatic heterocycles. The van der Waals surface area contributed by atoms with Crippen LogP contribution in [-0.2, 0) is 19.7 Å². The predicted octanol–water partition coefficient (Wildman–Crippen LogP) is 2.06. The van der Waals surface area contributed by atoms with E-state index in [2.05, 4.69) is 10.8 Å². The highest BCUT2D eigenvalue weighted by atomic mass is 16.5. The van der Waals surface area contributed by atoms with E-state index in [1.165, 1.54) is 7.11 Å². The second-order valence-corrected chi connectivity index (χ2v) is 7.52. The molecule has 27 heavy (non-hydrogen) atoms. The Balaban J connectivity index is 1.64. The number of hydrogen-bond donors (Lipinski definition) is 0. The number of carbonyl (C=O) groups is 2. The van der Waals surface area contributed by atoms with Crippen LogP contribution in [0.1, 0.15) is 31.2 Å². The van der Waals surface area contributed by atoms with Crippen molar-refractivity contribution >= 4 is 11.9 Å². The summed E-state index contributed by atoms with van der Waals surface area (Å²) in [7, 11) is 1.44. The van der Waals surface area contributed by atoms with Crippen molar-refractivity contribution in [2.24, 2.45) is 5.92 Å². The van der Waals surface area contributed by atoms with Gasteiger partial charge in [0.25, 0.3) is 0 Å². The Hall–Kier alpha value is -2.32. The van der Waals surface area contributed by atoms with E-state index >= 15 is 0 Å². The van der Waals surface area contributed by atoms with E-state index in [4.69, 9.17) is 11.2 Å². The Bertz CT molecular complexity index is 694. The minimum absolute atomic E-state index is 0.0707. The molecule has 0 aliphatic carbocycles. The summed E-state index contributed by atoms with van der Waals surface area (Å²) in [6.07, 6.45) is 8.30. The van der Waals surface area contributed by atoms with Gasteiger partial charge in [-0.3, -0.25) is 14.5 Å². The summed E-state index contributed by atoms with van der Waals surface area (Å²) >= 11 is 0. The number of amides is 1. The molecule has 0 aromatic heterocycles. The van der Waals surface area contributed by atoms with Crippen molar-refractivity contribution in [1.82, 2.24) is 9.80 Å². The standard InChI is InChI=1S/C22H28N2O3/c1-3-13-23-14-9-18(10-15-23)20(25)24-16-11-22(12-17-24,21(26)27-2)19-7-5-4-6-8-19/h1,4-8,18H,9-17H2,2H3. The number of methoxy groups -OCH3 is 1. The van der Waals surface area contributed by atoms with Crippen molar-refractivity contribution in [3.63, 3.8) is 0 Å². The van der Waals surface area contributed by atoms with Crippen LogP contribution in [0.15, 0.2) is 30.3 Å². The fourth-order valence-electron chi connectivity index (χ4n) is 4.40. The minimum Gasteiger partial charge on any atom is -0.468 e. The number of likely N-dealkylation sites (tertiary alicyclic amines) is 2. The monoisotopic (exact) mass is 368 g/mol. The van der Waals surface area contributed by atoms with E-state index in [1.807, 2.05) is 35.2 Å². The lowest BCUT2D eigenvalue weighted by Crippen LogP contribution is -2.51. The zero-order valence-corrected chi connectivity index (χ0v) is 16.0. The Kier molecular flexibility index (Phi) is 6.18. The maximum atomic E-state index is 13.0. The number of hydrogen-bond acceptors (Lipinski definition) is 4. The van der Waals surface area contributed by atoms with Crippen LogP contribution in [0.5, 0.6) is 0 Å². The number of carbonyl (C=O) groups excluding carboxylic acids is 2. The summed E-state index contributed by atoms with van der Waals surface area (Å²) < 4.78 is 5.13. The molecule has 2 heterocycles. The fourth-order valence-corrected chi connectivity index (χ4v) is 4.40. The molecule has 5 nitrogen and oxygen atoms in total. The van der Waals surface area contributed by atoms with Crippen LogP contribution in [-0.4, -0.2) is 61.5 Å². The summed E-state index contributed by atoms with van der Waals surface area (Å²) in [4.78, 5) is 29.7. The first-order chi connectivity index (χ1) is 13.1. The van der Waals surface area contributed by atoms with Gasteiger partial charge in [0.1, 0.15) is 0 Å². The molecular formula is C22H28N2O3. The van der Waals surface area contributed by atoms with Gasteiger partial charge in [-0.2, -0.15) is 0 Å². The first-order valence-corrected chi connectivity index (χ1v) is 9.69. The number of esters is 1. The Morgan fingerprint density at radius 2 is 1.78 bits per heavy atom. The predicted molar refractivity (Wildman–Crippen MR) is 104 cm³/mol. The summed E-state index contributed by atoms with van der Waals surface area (Å²) in [5.41, 5.74) is 0.328. The van der Waals surface area contributed by atoms with Crippen LogP contribution >= 0.6 is 0 Å². The molecule has 0 unspecified atom stereocenters. The number of rotatable bonds is 4. The van der Waals surface area contributed by atoms with Gasteiger partial charge in [-0.1, -0.05) is 36.3 Å². The second-order valence-electron chi connectivity index (χ2n) is 7.52. The van der Waals surface area contributed by atoms with Crippen molar-refractivity contribution in [2.45, 2.75) is 31.1 Å². The van der Waals surface area contributed by atoms with Crippen LogP contribution in [0.25, 0.3) is 0 Å². The Morgan fingerprint density at radius 1 is 1.15 bits per heavy atom. The summed E-state index contributed by atoms with van der Waals surface area (Å²) in [5.74, 6) is 2.76. The summed E-state index contributed by atoms with van der Waals surface area (Å²) in [5, 5.41) is 0. The van der Waals surface area contributed by atoms with Crippen molar-refractivity contribution in [3.05, 3.63) is 35.9 Å². The second kappa shape index (κ2) is 8.58. The maximum Gasteiger partial charge on any atom is 0.316 e. The van der Waals surface area contributed by atoms with E-state index in [9.17, 15) is 9.59 Å². The Labute approximate surface area is 161 Å². The largest absolute Gasteiger partial charge is 0.468 e. The zero-order chi connectivity index (χ0) is 19.3. The van der Waals surface area contributed by atoms with Gasteiger partial charge in [-0.05, 0) is 44.3 Å². The molecule has 2 fully saturated rings. The van der Waals surface area contributed by atoms with E-state index < -0.39 is 5.41 Å². The van der Waals surface area contributed by atoms with Gasteiger partial charge in [0.2, 0.25) is 5.91 Å². The number of piperidine rings is 2. The van der Waals surface area contributed by atoms with Gasteiger partial charge in [0.05, 0.1) is 19.1 Å². The molecule has 144 valence electrons. The van der Waals surface area contributed by atoms with Gasteiger partial charge >= 0.3 is 5.97 Å². The number of benzene rings is 1. The molecule has 1 aromatic rings. The molecule has 0 bridgehead atoms. The normalized spacial score (nSPS) is 20.7. The van der Waals surface area contributed by atoms with Crippen molar-refractivity contribution in [1.29, 1.82) is 0 Å². The van der Waals surface area contributed by atoms with Crippen LogP contribution in [0.4, 0.5) is 0 Å². The number of ether oxygens (including phenoxy) is 1. The number of terminal acetylenes is 1. The molecule has 2 aliphatic rings.